The molecule has 2 rings (SSSR count). The second-order valence-electron chi connectivity index (χ2n) is 4.42. The Labute approximate surface area is 133 Å². The Bertz CT molecular complexity index is 574. The Kier molecular flexibility index (Phi) is 5.89. The highest BCUT2D eigenvalue weighted by Crippen LogP contribution is 2.21. The topological polar surface area (TPSA) is 21.3 Å². The van der Waals surface area contributed by atoms with E-state index >= 15 is 0 Å². The van der Waals surface area contributed by atoms with Gasteiger partial charge in [0.2, 0.25) is 0 Å². The molecule has 0 bridgehead atoms. The Hall–Kier alpha value is -1.03. The number of rotatable bonds is 6. The van der Waals surface area contributed by atoms with Crippen LogP contribution in [0.15, 0.2) is 46.9 Å². The predicted octanol–water partition coefficient (Wildman–Crippen LogP) is 4.79. The lowest BCUT2D eigenvalue weighted by molar-refractivity contribution is 0.340. The molecule has 0 saturated carbocycles. The molecule has 2 nitrogen and oxygen atoms in total. The van der Waals surface area contributed by atoms with E-state index < -0.39 is 0 Å². The van der Waals surface area contributed by atoms with Gasteiger partial charge in [0.1, 0.15) is 5.75 Å². The van der Waals surface area contributed by atoms with Crippen molar-refractivity contribution < 1.29 is 4.74 Å². The van der Waals surface area contributed by atoms with Crippen LogP contribution < -0.4 is 10.1 Å². The first-order chi connectivity index (χ1) is 9.69. The molecule has 0 fully saturated rings. The molecule has 4 heteroatoms. The smallest absolute Gasteiger partial charge is 0.119 e. The Morgan fingerprint density at radius 1 is 1.15 bits per heavy atom. The van der Waals surface area contributed by atoms with Gasteiger partial charge in [0, 0.05) is 22.6 Å². The third kappa shape index (κ3) is 4.51. The molecule has 0 aliphatic heterocycles. The van der Waals surface area contributed by atoms with Crippen molar-refractivity contribution in [1.29, 1.82) is 0 Å². The van der Waals surface area contributed by atoms with Crippen LogP contribution in [-0.4, -0.2) is 6.61 Å². The summed E-state index contributed by atoms with van der Waals surface area (Å²) >= 11 is 9.53. The van der Waals surface area contributed by atoms with Crippen LogP contribution in [0.3, 0.4) is 0 Å². The van der Waals surface area contributed by atoms with E-state index in [0.29, 0.717) is 6.61 Å². The molecule has 2 aromatic carbocycles. The zero-order valence-corrected chi connectivity index (χ0v) is 13.7. The summed E-state index contributed by atoms with van der Waals surface area (Å²) in [6, 6.07) is 13.9. The quantitative estimate of drug-likeness (QED) is 0.805. The fourth-order valence-corrected chi connectivity index (χ4v) is 2.51. The van der Waals surface area contributed by atoms with E-state index in [0.717, 1.165) is 33.9 Å². The number of benzene rings is 2. The average Bonchev–Trinajstić information content (AvgIpc) is 2.43. The van der Waals surface area contributed by atoms with Crippen LogP contribution in [0.5, 0.6) is 5.75 Å². The molecule has 0 aromatic heterocycles. The lowest BCUT2D eigenvalue weighted by atomic mass is 10.2. The van der Waals surface area contributed by atoms with Crippen LogP contribution in [0.1, 0.15) is 18.1 Å². The molecular formula is C16H17BrClNO. The predicted molar refractivity (Wildman–Crippen MR) is 87.3 cm³/mol. The molecule has 1 N–H and O–H groups in total. The van der Waals surface area contributed by atoms with E-state index in [1.54, 1.807) is 0 Å². The minimum Gasteiger partial charge on any atom is -0.494 e. The zero-order chi connectivity index (χ0) is 14.4. The van der Waals surface area contributed by atoms with Gasteiger partial charge in [0.25, 0.3) is 0 Å². The van der Waals surface area contributed by atoms with E-state index in [-0.39, 0.29) is 0 Å². The lowest BCUT2D eigenvalue weighted by Crippen LogP contribution is -2.13. The number of halogens is 2. The highest BCUT2D eigenvalue weighted by molar-refractivity contribution is 9.10. The van der Waals surface area contributed by atoms with Gasteiger partial charge in [-0.15, -0.1) is 0 Å². The first-order valence-corrected chi connectivity index (χ1v) is 7.72. The van der Waals surface area contributed by atoms with Crippen molar-refractivity contribution in [3.63, 3.8) is 0 Å². The van der Waals surface area contributed by atoms with E-state index in [9.17, 15) is 0 Å². The van der Waals surface area contributed by atoms with Crippen molar-refractivity contribution in [3.8, 4) is 5.75 Å². The molecule has 0 aliphatic carbocycles. The maximum Gasteiger partial charge on any atom is 0.119 e. The second-order valence-corrected chi connectivity index (χ2v) is 5.71. The molecule has 0 unspecified atom stereocenters. The molecule has 106 valence electrons. The van der Waals surface area contributed by atoms with E-state index in [2.05, 4.69) is 33.4 Å². The largest absolute Gasteiger partial charge is 0.494 e. The van der Waals surface area contributed by atoms with E-state index in [4.69, 9.17) is 16.3 Å². The van der Waals surface area contributed by atoms with Gasteiger partial charge in [0.05, 0.1) is 6.61 Å². The fraction of sp³-hybridized carbons (Fsp3) is 0.250. The van der Waals surface area contributed by atoms with E-state index in [1.807, 2.05) is 37.3 Å². The number of nitrogens with one attached hydrogen (secondary N) is 1. The van der Waals surface area contributed by atoms with Gasteiger partial charge in [-0.05, 0) is 48.4 Å². The van der Waals surface area contributed by atoms with Crippen LogP contribution in [0.25, 0.3) is 0 Å². The summed E-state index contributed by atoms with van der Waals surface area (Å²) in [5.41, 5.74) is 2.35. The van der Waals surface area contributed by atoms with Gasteiger partial charge in [-0.3, -0.25) is 0 Å². The monoisotopic (exact) mass is 353 g/mol. The number of hydrogen-bond acceptors (Lipinski definition) is 2. The highest BCUT2D eigenvalue weighted by Gasteiger charge is 2.01. The van der Waals surface area contributed by atoms with Crippen molar-refractivity contribution in [3.05, 3.63) is 63.1 Å². The molecule has 2 aromatic rings. The molecular weight excluding hydrogens is 338 g/mol. The van der Waals surface area contributed by atoms with Gasteiger partial charge in [-0.2, -0.15) is 0 Å². The molecule has 0 saturated heterocycles. The Morgan fingerprint density at radius 3 is 2.80 bits per heavy atom. The van der Waals surface area contributed by atoms with Crippen molar-refractivity contribution in [1.82, 2.24) is 5.32 Å². The molecule has 0 atom stereocenters. The summed E-state index contributed by atoms with van der Waals surface area (Å²) in [5.74, 6) is 0.913. The molecule has 0 heterocycles. The standard InChI is InChI=1S/C16H17BrClNO/c1-2-20-15-5-3-4-12(8-15)10-19-11-13-9-14(18)6-7-16(13)17/h3-9,19H,2,10-11H2,1H3. The van der Waals surface area contributed by atoms with Crippen molar-refractivity contribution in [2.75, 3.05) is 6.61 Å². The molecule has 20 heavy (non-hydrogen) atoms. The summed E-state index contributed by atoms with van der Waals surface area (Å²) in [6.45, 7) is 4.23. The van der Waals surface area contributed by atoms with Crippen LogP contribution >= 0.6 is 27.5 Å². The summed E-state index contributed by atoms with van der Waals surface area (Å²) in [6.07, 6.45) is 0. The third-order valence-corrected chi connectivity index (χ3v) is 3.87. The van der Waals surface area contributed by atoms with Crippen molar-refractivity contribution in [2.45, 2.75) is 20.0 Å². The number of ether oxygens (including phenoxy) is 1. The molecule has 0 amide bonds. The van der Waals surface area contributed by atoms with Gasteiger partial charge in [-0.1, -0.05) is 39.7 Å². The molecule has 0 spiro atoms. The van der Waals surface area contributed by atoms with Gasteiger partial charge < -0.3 is 10.1 Å². The van der Waals surface area contributed by atoms with Gasteiger partial charge in [0.15, 0.2) is 0 Å². The second kappa shape index (κ2) is 7.67. The Balaban J connectivity index is 1.92. The zero-order valence-electron chi connectivity index (χ0n) is 11.3. The average molecular weight is 355 g/mol. The molecule has 0 aliphatic rings. The van der Waals surface area contributed by atoms with Crippen LogP contribution in [0.4, 0.5) is 0 Å². The number of hydrogen-bond donors (Lipinski definition) is 1. The maximum atomic E-state index is 6.00. The first kappa shape index (κ1) is 15.4. The minimum absolute atomic E-state index is 0.687. The Morgan fingerprint density at radius 2 is 2.00 bits per heavy atom. The van der Waals surface area contributed by atoms with Crippen molar-refractivity contribution >= 4 is 27.5 Å². The third-order valence-electron chi connectivity index (χ3n) is 2.86. The van der Waals surface area contributed by atoms with Crippen LogP contribution in [0, 0.1) is 0 Å². The minimum atomic E-state index is 0.687. The highest BCUT2D eigenvalue weighted by atomic mass is 79.9. The summed E-state index contributed by atoms with van der Waals surface area (Å²) in [5, 5.41) is 4.16. The SMILES string of the molecule is CCOc1cccc(CNCc2cc(Cl)ccc2Br)c1. The van der Waals surface area contributed by atoms with Gasteiger partial charge in [-0.25, -0.2) is 0 Å². The van der Waals surface area contributed by atoms with Crippen LogP contribution in [0.2, 0.25) is 5.02 Å². The normalized spacial score (nSPS) is 10.6. The van der Waals surface area contributed by atoms with Gasteiger partial charge >= 0.3 is 0 Å². The first-order valence-electron chi connectivity index (χ1n) is 6.55. The van der Waals surface area contributed by atoms with Crippen molar-refractivity contribution in [2.24, 2.45) is 0 Å². The summed E-state index contributed by atoms with van der Waals surface area (Å²) in [4.78, 5) is 0. The lowest BCUT2D eigenvalue weighted by Gasteiger charge is -2.09. The summed E-state index contributed by atoms with van der Waals surface area (Å²) in [7, 11) is 0. The summed E-state index contributed by atoms with van der Waals surface area (Å²) < 4.78 is 6.56. The molecule has 0 radical (unpaired) electrons. The van der Waals surface area contributed by atoms with Crippen LogP contribution in [-0.2, 0) is 13.1 Å². The maximum absolute atomic E-state index is 6.00. The fourth-order valence-electron chi connectivity index (χ4n) is 1.93. The van der Waals surface area contributed by atoms with E-state index in [1.165, 1.54) is 5.56 Å².